The molecule has 4 rings (SSSR count). The number of hydrogen-bond acceptors (Lipinski definition) is 4. The Morgan fingerprint density at radius 3 is 2.82 bits per heavy atom. The van der Waals surface area contributed by atoms with E-state index in [0.717, 1.165) is 46.6 Å². The average Bonchev–Trinajstić information content (AvgIpc) is 3.12. The van der Waals surface area contributed by atoms with Gasteiger partial charge in [0.15, 0.2) is 0 Å². The number of nitrogens with zero attached hydrogens (tertiary/aromatic N) is 3. The van der Waals surface area contributed by atoms with Crippen molar-refractivity contribution in [1.29, 1.82) is 0 Å². The van der Waals surface area contributed by atoms with Gasteiger partial charge in [0.2, 0.25) is 5.13 Å². The van der Waals surface area contributed by atoms with Crippen LogP contribution in [0.4, 0.5) is 0 Å². The van der Waals surface area contributed by atoms with Crippen LogP contribution in [0.3, 0.4) is 0 Å². The SMILES string of the molecule is Cc1csc(-n2nc(-c3ccc(Cl)cc3)c3c2CCNC3)n1. The maximum absolute atomic E-state index is 6.00. The summed E-state index contributed by atoms with van der Waals surface area (Å²) in [7, 11) is 0. The molecule has 0 amide bonds. The predicted molar refractivity (Wildman–Crippen MR) is 89.8 cm³/mol. The van der Waals surface area contributed by atoms with Gasteiger partial charge in [-0.05, 0) is 19.1 Å². The molecular weight excluding hydrogens is 316 g/mol. The van der Waals surface area contributed by atoms with Crippen molar-refractivity contribution in [3.63, 3.8) is 0 Å². The van der Waals surface area contributed by atoms with E-state index >= 15 is 0 Å². The second-order valence-corrected chi connectivity index (χ2v) is 6.66. The van der Waals surface area contributed by atoms with Crippen molar-refractivity contribution in [1.82, 2.24) is 20.1 Å². The smallest absolute Gasteiger partial charge is 0.210 e. The number of hydrogen-bond donors (Lipinski definition) is 1. The predicted octanol–water partition coefficient (Wildman–Crippen LogP) is 3.60. The number of aromatic nitrogens is 3. The van der Waals surface area contributed by atoms with Gasteiger partial charge in [-0.2, -0.15) is 5.10 Å². The van der Waals surface area contributed by atoms with Gasteiger partial charge in [0.1, 0.15) is 0 Å². The van der Waals surface area contributed by atoms with Gasteiger partial charge in [-0.25, -0.2) is 9.67 Å². The third-order valence-corrected chi connectivity index (χ3v) is 5.02. The standard InChI is InChI=1S/C16H15ClN4S/c1-10-9-22-16(19-10)21-14-6-7-18-8-13(14)15(20-21)11-2-4-12(17)5-3-11/h2-5,9,18H,6-8H2,1H3. The second-order valence-electron chi connectivity index (χ2n) is 5.39. The summed E-state index contributed by atoms with van der Waals surface area (Å²) in [6.45, 7) is 3.83. The Balaban J connectivity index is 1.89. The van der Waals surface area contributed by atoms with Gasteiger partial charge in [0.25, 0.3) is 0 Å². The Bertz CT molecular complexity index is 819. The second kappa shape index (κ2) is 5.50. The number of thiazole rings is 1. The largest absolute Gasteiger partial charge is 0.312 e. The molecule has 6 heteroatoms. The lowest BCUT2D eigenvalue weighted by atomic mass is 10.0. The third-order valence-electron chi connectivity index (χ3n) is 3.84. The molecule has 4 nitrogen and oxygen atoms in total. The molecule has 0 spiro atoms. The van der Waals surface area contributed by atoms with Crippen molar-refractivity contribution >= 4 is 22.9 Å². The van der Waals surface area contributed by atoms with Gasteiger partial charge in [-0.3, -0.25) is 0 Å². The Morgan fingerprint density at radius 1 is 1.27 bits per heavy atom. The Labute approximate surface area is 137 Å². The van der Waals surface area contributed by atoms with E-state index in [1.807, 2.05) is 35.9 Å². The van der Waals surface area contributed by atoms with Crippen molar-refractivity contribution < 1.29 is 0 Å². The van der Waals surface area contributed by atoms with Crippen LogP contribution in [0.5, 0.6) is 0 Å². The van der Waals surface area contributed by atoms with E-state index in [0.29, 0.717) is 0 Å². The lowest BCUT2D eigenvalue weighted by molar-refractivity contribution is 0.622. The van der Waals surface area contributed by atoms with Gasteiger partial charge in [-0.15, -0.1) is 11.3 Å². The van der Waals surface area contributed by atoms with Crippen LogP contribution in [0.1, 0.15) is 17.0 Å². The number of fused-ring (bicyclic) bond motifs is 1. The van der Waals surface area contributed by atoms with Gasteiger partial charge in [0.05, 0.1) is 17.1 Å². The van der Waals surface area contributed by atoms with Gasteiger partial charge < -0.3 is 5.32 Å². The molecule has 3 heterocycles. The topological polar surface area (TPSA) is 42.7 Å². The number of nitrogens with one attached hydrogen (secondary N) is 1. The molecule has 0 bridgehead atoms. The van der Waals surface area contributed by atoms with E-state index in [-0.39, 0.29) is 0 Å². The lowest BCUT2D eigenvalue weighted by Crippen LogP contribution is -2.24. The van der Waals surface area contributed by atoms with Gasteiger partial charge in [-0.1, -0.05) is 23.7 Å². The monoisotopic (exact) mass is 330 g/mol. The summed E-state index contributed by atoms with van der Waals surface area (Å²) in [5, 5.41) is 12.0. The first-order chi connectivity index (χ1) is 10.7. The van der Waals surface area contributed by atoms with E-state index in [4.69, 9.17) is 16.7 Å². The minimum atomic E-state index is 0.741. The highest BCUT2D eigenvalue weighted by Crippen LogP contribution is 2.31. The molecule has 0 aliphatic carbocycles. The zero-order valence-electron chi connectivity index (χ0n) is 12.1. The molecule has 112 valence electrons. The van der Waals surface area contributed by atoms with E-state index in [9.17, 15) is 0 Å². The molecule has 0 fully saturated rings. The van der Waals surface area contributed by atoms with Crippen LogP contribution in [-0.4, -0.2) is 21.3 Å². The average molecular weight is 331 g/mol. The third kappa shape index (κ3) is 2.35. The highest BCUT2D eigenvalue weighted by atomic mass is 35.5. The highest BCUT2D eigenvalue weighted by molar-refractivity contribution is 7.12. The Hall–Kier alpha value is -1.69. The molecule has 2 aromatic heterocycles. The van der Waals surface area contributed by atoms with Crippen LogP contribution in [0.15, 0.2) is 29.6 Å². The van der Waals surface area contributed by atoms with Crippen molar-refractivity contribution in [2.24, 2.45) is 0 Å². The quantitative estimate of drug-likeness (QED) is 0.780. The lowest BCUT2D eigenvalue weighted by Gasteiger charge is -2.14. The minimum Gasteiger partial charge on any atom is -0.312 e. The van der Waals surface area contributed by atoms with E-state index in [1.165, 1.54) is 11.3 Å². The fraction of sp³-hybridized carbons (Fsp3) is 0.250. The molecule has 0 saturated heterocycles. The van der Waals surface area contributed by atoms with E-state index in [1.54, 1.807) is 11.3 Å². The number of halogens is 1. The highest BCUT2D eigenvalue weighted by Gasteiger charge is 2.23. The van der Waals surface area contributed by atoms with Crippen molar-refractivity contribution in [2.45, 2.75) is 19.9 Å². The fourth-order valence-electron chi connectivity index (χ4n) is 2.78. The summed E-state index contributed by atoms with van der Waals surface area (Å²) in [5.74, 6) is 0. The van der Waals surface area contributed by atoms with Crippen LogP contribution in [0.25, 0.3) is 16.4 Å². The normalized spacial score (nSPS) is 14.1. The van der Waals surface area contributed by atoms with Crippen LogP contribution in [0.2, 0.25) is 5.02 Å². The fourth-order valence-corrected chi connectivity index (χ4v) is 3.69. The molecule has 1 aromatic carbocycles. The minimum absolute atomic E-state index is 0.741. The first kappa shape index (κ1) is 13.9. The molecule has 0 atom stereocenters. The maximum atomic E-state index is 6.00. The van der Waals surface area contributed by atoms with Crippen LogP contribution in [-0.2, 0) is 13.0 Å². The molecular formula is C16H15ClN4S. The zero-order valence-corrected chi connectivity index (χ0v) is 13.7. The van der Waals surface area contributed by atoms with Crippen molar-refractivity contribution in [3.05, 3.63) is 51.6 Å². The summed E-state index contributed by atoms with van der Waals surface area (Å²) >= 11 is 7.63. The number of aryl methyl sites for hydroxylation is 1. The van der Waals surface area contributed by atoms with Gasteiger partial charge >= 0.3 is 0 Å². The summed E-state index contributed by atoms with van der Waals surface area (Å²) in [5.41, 5.74) is 5.67. The first-order valence-corrected chi connectivity index (χ1v) is 8.48. The molecule has 1 aliphatic rings. The van der Waals surface area contributed by atoms with E-state index in [2.05, 4.69) is 15.7 Å². The maximum Gasteiger partial charge on any atom is 0.210 e. The van der Waals surface area contributed by atoms with Crippen LogP contribution >= 0.6 is 22.9 Å². The molecule has 3 aromatic rings. The zero-order chi connectivity index (χ0) is 15.1. The first-order valence-electron chi connectivity index (χ1n) is 7.22. The van der Waals surface area contributed by atoms with Gasteiger partial charge in [0, 0.05) is 41.0 Å². The summed E-state index contributed by atoms with van der Waals surface area (Å²) in [6.07, 6.45) is 0.967. The molecule has 0 saturated carbocycles. The summed E-state index contributed by atoms with van der Waals surface area (Å²) in [6, 6.07) is 7.87. The number of rotatable bonds is 2. The summed E-state index contributed by atoms with van der Waals surface area (Å²) < 4.78 is 2.01. The molecule has 1 aliphatic heterocycles. The number of benzene rings is 1. The molecule has 0 radical (unpaired) electrons. The van der Waals surface area contributed by atoms with Crippen molar-refractivity contribution in [3.8, 4) is 16.4 Å². The Kier molecular flexibility index (Phi) is 3.48. The van der Waals surface area contributed by atoms with Crippen molar-refractivity contribution in [2.75, 3.05) is 6.54 Å². The van der Waals surface area contributed by atoms with Crippen LogP contribution < -0.4 is 5.32 Å². The summed E-state index contributed by atoms with van der Waals surface area (Å²) in [4.78, 5) is 4.59. The van der Waals surface area contributed by atoms with Crippen LogP contribution in [0, 0.1) is 6.92 Å². The molecule has 0 unspecified atom stereocenters. The molecule has 22 heavy (non-hydrogen) atoms. The Morgan fingerprint density at radius 2 is 2.09 bits per heavy atom. The van der Waals surface area contributed by atoms with E-state index < -0.39 is 0 Å². The molecule has 1 N–H and O–H groups in total.